The molecule has 0 aliphatic carbocycles. The highest BCUT2D eigenvalue weighted by Gasteiger charge is 2.29. The van der Waals surface area contributed by atoms with Gasteiger partial charge in [0.2, 0.25) is 0 Å². The van der Waals surface area contributed by atoms with Crippen molar-refractivity contribution in [3.63, 3.8) is 0 Å². The standard InChI is InChI=1S/C17H17FN2OS/c1-12-13(2)22-17(19-10-4-3-5-16(19)21)20(12)11-14-6-8-15(18)9-7-14/h3-10,17H,11H2,1-2H3. The van der Waals surface area contributed by atoms with Gasteiger partial charge in [0.1, 0.15) is 5.82 Å². The van der Waals surface area contributed by atoms with Crippen LogP contribution in [0.2, 0.25) is 0 Å². The van der Waals surface area contributed by atoms with Gasteiger partial charge in [0, 0.05) is 29.4 Å². The Labute approximate surface area is 133 Å². The summed E-state index contributed by atoms with van der Waals surface area (Å²) in [7, 11) is 0. The fourth-order valence-corrected chi connectivity index (χ4v) is 3.74. The Bertz CT molecular complexity index is 767. The van der Waals surface area contributed by atoms with Crippen molar-refractivity contribution in [1.82, 2.24) is 9.47 Å². The quantitative estimate of drug-likeness (QED) is 0.857. The Morgan fingerprint density at radius 3 is 2.55 bits per heavy atom. The Morgan fingerprint density at radius 1 is 1.14 bits per heavy atom. The highest BCUT2D eigenvalue weighted by Crippen LogP contribution is 2.44. The number of benzene rings is 1. The molecule has 0 N–H and O–H groups in total. The summed E-state index contributed by atoms with van der Waals surface area (Å²) in [4.78, 5) is 15.5. The Balaban J connectivity index is 1.93. The highest BCUT2D eigenvalue weighted by molar-refractivity contribution is 8.03. The van der Waals surface area contributed by atoms with Gasteiger partial charge >= 0.3 is 0 Å². The van der Waals surface area contributed by atoms with Crippen molar-refractivity contribution in [2.45, 2.75) is 25.9 Å². The number of rotatable bonds is 3. The molecule has 3 nitrogen and oxygen atoms in total. The zero-order valence-electron chi connectivity index (χ0n) is 12.5. The predicted molar refractivity (Wildman–Crippen MR) is 87.6 cm³/mol. The van der Waals surface area contributed by atoms with E-state index in [1.165, 1.54) is 17.0 Å². The van der Waals surface area contributed by atoms with Gasteiger partial charge in [-0.15, -0.1) is 0 Å². The number of thioether (sulfide) groups is 1. The molecule has 1 aliphatic heterocycles. The van der Waals surface area contributed by atoms with Crippen molar-refractivity contribution >= 4 is 11.8 Å². The molecule has 114 valence electrons. The largest absolute Gasteiger partial charge is 0.341 e. The molecule has 1 unspecified atom stereocenters. The zero-order chi connectivity index (χ0) is 15.7. The number of aromatic nitrogens is 1. The molecule has 0 fully saturated rings. The van der Waals surface area contributed by atoms with Crippen LogP contribution in [-0.4, -0.2) is 9.47 Å². The predicted octanol–water partition coefficient (Wildman–Crippen LogP) is 3.94. The van der Waals surface area contributed by atoms with E-state index in [4.69, 9.17) is 0 Å². The van der Waals surface area contributed by atoms with E-state index in [1.807, 2.05) is 12.3 Å². The number of nitrogens with zero attached hydrogens (tertiary/aromatic N) is 2. The molecule has 3 rings (SSSR count). The van der Waals surface area contributed by atoms with E-state index < -0.39 is 0 Å². The van der Waals surface area contributed by atoms with Crippen LogP contribution in [-0.2, 0) is 6.54 Å². The monoisotopic (exact) mass is 316 g/mol. The Morgan fingerprint density at radius 2 is 1.86 bits per heavy atom. The Hall–Kier alpha value is -2.01. The molecule has 0 saturated carbocycles. The van der Waals surface area contributed by atoms with Gasteiger partial charge < -0.3 is 4.90 Å². The summed E-state index contributed by atoms with van der Waals surface area (Å²) in [5.74, 6) is -0.237. The van der Waals surface area contributed by atoms with Gasteiger partial charge in [-0.05, 0) is 37.6 Å². The summed E-state index contributed by atoms with van der Waals surface area (Å²) < 4.78 is 14.8. The first kappa shape index (κ1) is 14.9. The first-order valence-electron chi connectivity index (χ1n) is 7.08. The van der Waals surface area contributed by atoms with E-state index in [1.54, 1.807) is 40.6 Å². The average Bonchev–Trinajstić information content (AvgIpc) is 2.78. The van der Waals surface area contributed by atoms with Crippen LogP contribution >= 0.6 is 11.8 Å². The van der Waals surface area contributed by atoms with Crippen LogP contribution in [0.15, 0.2) is 64.1 Å². The topological polar surface area (TPSA) is 25.2 Å². The van der Waals surface area contributed by atoms with E-state index in [-0.39, 0.29) is 16.9 Å². The third-order valence-corrected chi connectivity index (χ3v) is 5.19. The van der Waals surface area contributed by atoms with E-state index in [2.05, 4.69) is 18.7 Å². The lowest BCUT2D eigenvalue weighted by molar-refractivity contribution is 0.263. The molecule has 5 heteroatoms. The van der Waals surface area contributed by atoms with Crippen molar-refractivity contribution in [3.8, 4) is 0 Å². The SMILES string of the molecule is CC1=C(C)N(Cc2ccc(F)cc2)C(n2ccccc2=O)S1. The smallest absolute Gasteiger partial charge is 0.252 e. The minimum Gasteiger partial charge on any atom is -0.341 e. The molecule has 22 heavy (non-hydrogen) atoms. The lowest BCUT2D eigenvalue weighted by Gasteiger charge is -2.29. The first-order valence-corrected chi connectivity index (χ1v) is 7.96. The second-order valence-electron chi connectivity index (χ2n) is 5.29. The molecule has 1 aliphatic rings. The van der Waals surface area contributed by atoms with Gasteiger partial charge in [0.15, 0.2) is 5.50 Å². The minimum atomic E-state index is -0.237. The van der Waals surface area contributed by atoms with Gasteiger partial charge in [-0.3, -0.25) is 9.36 Å². The molecular weight excluding hydrogens is 299 g/mol. The molecule has 0 radical (unpaired) electrons. The number of hydrogen-bond donors (Lipinski definition) is 0. The normalized spacial score (nSPS) is 18.1. The molecular formula is C17H17FN2OS. The molecule has 1 atom stereocenters. The van der Waals surface area contributed by atoms with Crippen LogP contribution in [0.25, 0.3) is 0 Å². The van der Waals surface area contributed by atoms with Crippen LogP contribution in [0.3, 0.4) is 0 Å². The maximum absolute atomic E-state index is 13.1. The summed E-state index contributed by atoms with van der Waals surface area (Å²) in [6.07, 6.45) is 1.81. The number of allylic oxidation sites excluding steroid dienone is 2. The molecule has 0 saturated heterocycles. The zero-order valence-corrected chi connectivity index (χ0v) is 13.3. The highest BCUT2D eigenvalue weighted by atomic mass is 32.2. The summed E-state index contributed by atoms with van der Waals surface area (Å²) in [6.45, 7) is 4.76. The van der Waals surface area contributed by atoms with Crippen LogP contribution < -0.4 is 5.56 Å². The summed E-state index contributed by atoms with van der Waals surface area (Å²) in [5.41, 5.74) is 2.05. The van der Waals surface area contributed by atoms with E-state index in [0.717, 1.165) is 11.3 Å². The van der Waals surface area contributed by atoms with Gasteiger partial charge in [-0.1, -0.05) is 30.0 Å². The maximum atomic E-state index is 13.1. The van der Waals surface area contributed by atoms with Crippen molar-refractivity contribution in [1.29, 1.82) is 0 Å². The lowest BCUT2D eigenvalue weighted by Crippen LogP contribution is -2.31. The van der Waals surface area contributed by atoms with Gasteiger partial charge in [0.25, 0.3) is 5.56 Å². The third kappa shape index (κ3) is 2.81. The van der Waals surface area contributed by atoms with Gasteiger partial charge in [0.05, 0.1) is 0 Å². The minimum absolute atomic E-state index is 0.0217. The van der Waals surface area contributed by atoms with Crippen LogP contribution in [0.1, 0.15) is 24.9 Å². The van der Waals surface area contributed by atoms with Crippen molar-refractivity contribution in [2.75, 3.05) is 0 Å². The lowest BCUT2D eigenvalue weighted by atomic mass is 10.2. The fourth-order valence-electron chi connectivity index (χ4n) is 2.49. The van der Waals surface area contributed by atoms with Gasteiger partial charge in [-0.2, -0.15) is 0 Å². The van der Waals surface area contributed by atoms with Crippen molar-refractivity contribution in [2.24, 2.45) is 0 Å². The fraction of sp³-hybridized carbons (Fsp3) is 0.235. The maximum Gasteiger partial charge on any atom is 0.252 e. The molecule has 2 heterocycles. The summed E-state index contributed by atoms with van der Waals surface area (Å²) >= 11 is 1.67. The van der Waals surface area contributed by atoms with Crippen LogP contribution in [0.4, 0.5) is 4.39 Å². The van der Waals surface area contributed by atoms with E-state index in [0.29, 0.717) is 6.54 Å². The van der Waals surface area contributed by atoms with Crippen LogP contribution in [0.5, 0.6) is 0 Å². The second-order valence-corrected chi connectivity index (χ2v) is 6.56. The van der Waals surface area contributed by atoms with E-state index >= 15 is 0 Å². The number of pyridine rings is 1. The summed E-state index contributed by atoms with van der Waals surface area (Å²) in [5, 5.41) is 0. The molecule has 2 aromatic rings. The number of halogens is 1. The van der Waals surface area contributed by atoms with Crippen molar-refractivity contribution in [3.05, 3.63) is 81.0 Å². The second kappa shape index (κ2) is 6.01. The molecule has 1 aromatic heterocycles. The van der Waals surface area contributed by atoms with Crippen molar-refractivity contribution < 1.29 is 4.39 Å². The average molecular weight is 316 g/mol. The molecule has 1 aromatic carbocycles. The van der Waals surface area contributed by atoms with Crippen LogP contribution in [0, 0.1) is 5.82 Å². The molecule has 0 bridgehead atoms. The third-order valence-electron chi connectivity index (χ3n) is 3.84. The van der Waals surface area contributed by atoms with Gasteiger partial charge in [-0.25, -0.2) is 4.39 Å². The first-order chi connectivity index (χ1) is 10.6. The molecule has 0 amide bonds. The van der Waals surface area contributed by atoms with E-state index in [9.17, 15) is 9.18 Å². The Kier molecular flexibility index (Phi) is 4.07. The summed E-state index contributed by atoms with van der Waals surface area (Å²) in [6, 6.07) is 11.7. The molecule has 0 spiro atoms. The number of hydrogen-bond acceptors (Lipinski definition) is 3.